The predicted molar refractivity (Wildman–Crippen MR) is 88.6 cm³/mol. The minimum atomic E-state index is 0. The monoisotopic (exact) mass is 284 g/mol. The van der Waals surface area contributed by atoms with Gasteiger partial charge in [-0.3, -0.25) is 0 Å². The SMILES string of the molecule is CC(C)c1cc(-c2nc3nc(C(C)C)ccc3[nH]2)n(C)c1.[HH]. The molecule has 3 heterocycles. The predicted octanol–water partition coefficient (Wildman–Crippen LogP) is 4.46. The molecule has 21 heavy (non-hydrogen) atoms. The van der Waals surface area contributed by atoms with Gasteiger partial charge in [-0.05, 0) is 35.6 Å². The van der Waals surface area contributed by atoms with Gasteiger partial charge in [-0.2, -0.15) is 0 Å². The van der Waals surface area contributed by atoms with Gasteiger partial charge in [-0.25, -0.2) is 9.97 Å². The summed E-state index contributed by atoms with van der Waals surface area (Å²) in [5, 5.41) is 0. The molecule has 1 N–H and O–H groups in total. The normalized spacial score (nSPS) is 12.0. The Morgan fingerprint density at radius 3 is 2.48 bits per heavy atom. The van der Waals surface area contributed by atoms with E-state index in [2.05, 4.69) is 78.7 Å². The van der Waals surface area contributed by atoms with Crippen LogP contribution in [0, 0.1) is 0 Å². The van der Waals surface area contributed by atoms with Gasteiger partial charge in [0, 0.05) is 20.4 Å². The van der Waals surface area contributed by atoms with Gasteiger partial charge >= 0.3 is 0 Å². The molecule has 112 valence electrons. The van der Waals surface area contributed by atoms with Crippen LogP contribution in [0.25, 0.3) is 22.7 Å². The van der Waals surface area contributed by atoms with Crippen LogP contribution >= 0.6 is 0 Å². The fraction of sp³-hybridized carbons (Fsp3) is 0.412. The molecule has 3 aromatic rings. The molecule has 0 spiro atoms. The second kappa shape index (κ2) is 5.02. The molecule has 0 atom stereocenters. The number of aromatic nitrogens is 4. The molecule has 0 saturated heterocycles. The highest BCUT2D eigenvalue weighted by Gasteiger charge is 2.13. The Kier molecular flexibility index (Phi) is 3.32. The van der Waals surface area contributed by atoms with Gasteiger partial charge in [0.15, 0.2) is 11.5 Å². The van der Waals surface area contributed by atoms with Crippen LogP contribution in [0.15, 0.2) is 24.4 Å². The van der Waals surface area contributed by atoms with E-state index in [1.165, 1.54) is 5.56 Å². The van der Waals surface area contributed by atoms with Gasteiger partial charge in [-0.1, -0.05) is 27.7 Å². The third-order valence-electron chi connectivity index (χ3n) is 3.89. The zero-order valence-electron chi connectivity index (χ0n) is 13.3. The summed E-state index contributed by atoms with van der Waals surface area (Å²) in [5.74, 6) is 1.81. The van der Waals surface area contributed by atoms with Crippen LogP contribution in [0.3, 0.4) is 0 Å². The van der Waals surface area contributed by atoms with Crippen molar-refractivity contribution in [1.29, 1.82) is 0 Å². The number of aromatic amines is 1. The molecule has 4 nitrogen and oxygen atoms in total. The Labute approximate surface area is 126 Å². The van der Waals surface area contributed by atoms with E-state index in [4.69, 9.17) is 0 Å². The van der Waals surface area contributed by atoms with Gasteiger partial charge in [0.2, 0.25) is 0 Å². The lowest BCUT2D eigenvalue weighted by Gasteiger charge is -2.01. The van der Waals surface area contributed by atoms with Crippen LogP contribution in [0.4, 0.5) is 0 Å². The molecule has 0 amide bonds. The molecule has 3 rings (SSSR count). The van der Waals surface area contributed by atoms with E-state index in [1.54, 1.807) is 0 Å². The summed E-state index contributed by atoms with van der Waals surface area (Å²) in [5.41, 5.74) is 5.28. The molecular weight excluding hydrogens is 260 g/mol. The van der Waals surface area contributed by atoms with E-state index in [-0.39, 0.29) is 1.43 Å². The van der Waals surface area contributed by atoms with Crippen molar-refractivity contribution in [3.05, 3.63) is 35.7 Å². The Hall–Kier alpha value is -2.10. The number of hydrogen-bond acceptors (Lipinski definition) is 2. The Bertz CT molecular complexity index is 783. The number of nitrogens with one attached hydrogen (secondary N) is 1. The van der Waals surface area contributed by atoms with Gasteiger partial charge in [-0.15, -0.1) is 0 Å². The summed E-state index contributed by atoms with van der Waals surface area (Å²) >= 11 is 0. The summed E-state index contributed by atoms with van der Waals surface area (Å²) in [6, 6.07) is 6.34. The molecule has 0 radical (unpaired) electrons. The molecule has 0 aliphatic rings. The second-order valence-corrected chi connectivity index (χ2v) is 6.27. The van der Waals surface area contributed by atoms with E-state index < -0.39 is 0 Å². The minimum Gasteiger partial charge on any atom is -0.348 e. The number of aryl methyl sites for hydroxylation is 1. The zero-order valence-corrected chi connectivity index (χ0v) is 13.3. The number of imidazole rings is 1. The maximum Gasteiger partial charge on any atom is 0.178 e. The maximum absolute atomic E-state index is 4.67. The largest absolute Gasteiger partial charge is 0.348 e. The fourth-order valence-corrected chi connectivity index (χ4v) is 2.49. The average Bonchev–Trinajstić information content (AvgIpc) is 3.00. The van der Waals surface area contributed by atoms with Crippen molar-refractivity contribution in [1.82, 2.24) is 19.5 Å². The summed E-state index contributed by atoms with van der Waals surface area (Å²) in [7, 11) is 2.06. The van der Waals surface area contributed by atoms with Gasteiger partial charge in [0.1, 0.15) is 0 Å². The smallest absolute Gasteiger partial charge is 0.178 e. The van der Waals surface area contributed by atoms with Crippen LogP contribution in [0.1, 0.15) is 52.2 Å². The molecule has 0 bridgehead atoms. The van der Waals surface area contributed by atoms with Crippen LogP contribution in [0.5, 0.6) is 0 Å². The summed E-state index contributed by atoms with van der Waals surface area (Å²) in [6.45, 7) is 8.70. The molecule has 0 unspecified atom stereocenters. The highest BCUT2D eigenvalue weighted by molar-refractivity contribution is 5.75. The standard InChI is InChI=1S/C17H22N4.H2/c1-10(2)12-8-15(21(5)9-12)17-19-14-7-6-13(11(3)4)18-16(14)20-17;/h6-11H,1-5H3,(H,18,19,20);1H. The fourth-order valence-electron chi connectivity index (χ4n) is 2.49. The molecule has 3 aromatic heterocycles. The lowest BCUT2D eigenvalue weighted by atomic mass is 10.1. The van der Waals surface area contributed by atoms with Crippen molar-refractivity contribution in [2.24, 2.45) is 7.05 Å². The van der Waals surface area contributed by atoms with Crippen molar-refractivity contribution in [3.8, 4) is 11.5 Å². The molecular formula is C17H24N4. The van der Waals surface area contributed by atoms with Crippen LogP contribution < -0.4 is 0 Å². The number of pyridine rings is 1. The average molecular weight is 284 g/mol. The zero-order chi connectivity index (χ0) is 15.1. The van der Waals surface area contributed by atoms with Crippen LogP contribution in [-0.2, 0) is 7.05 Å². The highest BCUT2D eigenvalue weighted by atomic mass is 15.0. The second-order valence-electron chi connectivity index (χ2n) is 6.27. The summed E-state index contributed by atoms with van der Waals surface area (Å²) in [6.07, 6.45) is 2.17. The molecule has 0 fully saturated rings. The Morgan fingerprint density at radius 2 is 1.86 bits per heavy atom. The first kappa shape index (κ1) is 13.9. The summed E-state index contributed by atoms with van der Waals surface area (Å²) in [4.78, 5) is 12.7. The first-order valence-corrected chi connectivity index (χ1v) is 7.49. The van der Waals surface area contributed by atoms with Crippen LogP contribution in [0.2, 0.25) is 0 Å². The quantitative estimate of drug-likeness (QED) is 0.772. The van der Waals surface area contributed by atoms with Crippen molar-refractivity contribution in [2.75, 3.05) is 0 Å². The number of hydrogen-bond donors (Lipinski definition) is 1. The Morgan fingerprint density at radius 1 is 1.10 bits per heavy atom. The van der Waals surface area contributed by atoms with E-state index in [1.807, 2.05) is 0 Å². The van der Waals surface area contributed by atoms with Crippen LogP contribution in [-0.4, -0.2) is 19.5 Å². The lowest BCUT2D eigenvalue weighted by molar-refractivity contribution is 0.828. The van der Waals surface area contributed by atoms with Gasteiger partial charge < -0.3 is 9.55 Å². The van der Waals surface area contributed by atoms with Crippen molar-refractivity contribution in [2.45, 2.75) is 39.5 Å². The minimum absolute atomic E-state index is 0. The van der Waals surface area contributed by atoms with Crippen molar-refractivity contribution < 1.29 is 1.43 Å². The highest BCUT2D eigenvalue weighted by Crippen LogP contribution is 2.25. The van der Waals surface area contributed by atoms with E-state index in [9.17, 15) is 0 Å². The number of nitrogens with zero attached hydrogens (tertiary/aromatic N) is 3. The Balaban J connectivity index is 0.00000176. The van der Waals surface area contributed by atoms with E-state index in [0.717, 1.165) is 28.4 Å². The molecule has 0 saturated carbocycles. The number of H-pyrrole nitrogens is 1. The molecule has 0 aliphatic heterocycles. The summed E-state index contributed by atoms with van der Waals surface area (Å²) < 4.78 is 2.12. The molecule has 4 heteroatoms. The van der Waals surface area contributed by atoms with E-state index >= 15 is 0 Å². The lowest BCUT2D eigenvalue weighted by Crippen LogP contribution is -1.92. The topological polar surface area (TPSA) is 46.5 Å². The van der Waals surface area contributed by atoms with Gasteiger partial charge in [0.05, 0.1) is 11.2 Å². The third kappa shape index (κ3) is 2.46. The van der Waals surface area contributed by atoms with Gasteiger partial charge in [0.25, 0.3) is 0 Å². The third-order valence-corrected chi connectivity index (χ3v) is 3.89. The first-order chi connectivity index (χ1) is 9.95. The van der Waals surface area contributed by atoms with Crippen molar-refractivity contribution in [3.63, 3.8) is 0 Å². The molecule has 0 aromatic carbocycles. The molecule has 0 aliphatic carbocycles. The first-order valence-electron chi connectivity index (χ1n) is 7.49. The number of fused-ring (bicyclic) bond motifs is 1. The maximum atomic E-state index is 4.67. The number of rotatable bonds is 3. The van der Waals surface area contributed by atoms with Crippen molar-refractivity contribution >= 4 is 11.2 Å². The van der Waals surface area contributed by atoms with E-state index in [0.29, 0.717) is 11.8 Å².